The van der Waals surface area contributed by atoms with Crippen LogP contribution in [0.2, 0.25) is 5.02 Å². The number of amides is 1. The Balaban J connectivity index is 3.17. The number of nitrogens with two attached hydrogens (primary N) is 1. The summed E-state index contributed by atoms with van der Waals surface area (Å²) >= 11 is 5.93. The summed E-state index contributed by atoms with van der Waals surface area (Å²) in [5, 5.41) is 1.46. The Hall–Kier alpha value is -1.27. The van der Waals surface area contributed by atoms with Gasteiger partial charge in [-0.3, -0.25) is 4.79 Å². The van der Waals surface area contributed by atoms with E-state index in [1.165, 1.54) is 19.1 Å². The lowest BCUT2D eigenvalue weighted by molar-refractivity contribution is -0.122. The third-order valence-corrected chi connectivity index (χ3v) is 6.06. The average molecular weight is 333 g/mol. The highest BCUT2D eigenvalue weighted by atomic mass is 35.5. The van der Waals surface area contributed by atoms with Crippen LogP contribution >= 0.6 is 11.6 Å². The second-order valence-corrected chi connectivity index (χ2v) is 8.18. The molecule has 1 aromatic rings. The minimum absolute atomic E-state index is 0.0180. The molecule has 1 rings (SSSR count). The molecule has 0 aliphatic heterocycles. The lowest BCUT2D eigenvalue weighted by atomic mass is 10.0. The second-order valence-electron chi connectivity index (χ2n) is 5.57. The zero-order valence-electron chi connectivity index (χ0n) is 12.6. The number of anilines is 1. The number of benzene rings is 1. The summed E-state index contributed by atoms with van der Waals surface area (Å²) in [6.45, 7) is 6.90. The van der Waals surface area contributed by atoms with Gasteiger partial charge >= 0.3 is 0 Å². The minimum Gasteiger partial charge on any atom is -0.398 e. The summed E-state index contributed by atoms with van der Waals surface area (Å²) in [7, 11) is -3.95. The van der Waals surface area contributed by atoms with E-state index in [2.05, 4.69) is 5.32 Å². The summed E-state index contributed by atoms with van der Waals surface area (Å²) in [5.41, 5.74) is 5.26. The van der Waals surface area contributed by atoms with E-state index in [1.54, 1.807) is 6.07 Å². The molecule has 0 heterocycles. The molecule has 5 nitrogen and oxygen atoms in total. The zero-order valence-corrected chi connectivity index (χ0v) is 14.2. The number of nitrogens with one attached hydrogen (secondary N) is 1. The maximum atomic E-state index is 12.6. The van der Waals surface area contributed by atoms with Gasteiger partial charge in [0, 0.05) is 5.54 Å². The minimum atomic E-state index is -3.95. The normalized spacial score (nSPS) is 13.8. The Morgan fingerprint density at radius 2 is 2.00 bits per heavy atom. The fourth-order valence-corrected chi connectivity index (χ4v) is 3.60. The number of rotatable bonds is 5. The molecular weight excluding hydrogens is 312 g/mol. The van der Waals surface area contributed by atoms with Crippen molar-refractivity contribution in [3.63, 3.8) is 0 Å². The molecule has 0 spiro atoms. The first-order valence-electron chi connectivity index (χ1n) is 6.63. The fourth-order valence-electron chi connectivity index (χ4n) is 1.67. The van der Waals surface area contributed by atoms with E-state index in [0.29, 0.717) is 6.42 Å². The van der Waals surface area contributed by atoms with Crippen molar-refractivity contribution < 1.29 is 13.2 Å². The molecule has 0 fully saturated rings. The van der Waals surface area contributed by atoms with E-state index in [-0.39, 0.29) is 15.6 Å². The summed E-state index contributed by atoms with van der Waals surface area (Å²) in [5.74, 6) is -0.568. The van der Waals surface area contributed by atoms with Crippen LogP contribution in [0.15, 0.2) is 23.1 Å². The van der Waals surface area contributed by atoms with E-state index in [4.69, 9.17) is 17.3 Å². The van der Waals surface area contributed by atoms with Crippen LogP contribution in [-0.4, -0.2) is 25.1 Å². The second kappa shape index (κ2) is 6.23. The van der Waals surface area contributed by atoms with Crippen molar-refractivity contribution in [1.82, 2.24) is 5.32 Å². The molecule has 0 aliphatic rings. The molecule has 1 amide bonds. The van der Waals surface area contributed by atoms with Crippen LogP contribution in [0.4, 0.5) is 5.69 Å². The Morgan fingerprint density at radius 3 is 2.48 bits per heavy atom. The predicted molar refractivity (Wildman–Crippen MR) is 85.0 cm³/mol. The molecule has 3 N–H and O–H groups in total. The van der Waals surface area contributed by atoms with Gasteiger partial charge in [-0.1, -0.05) is 24.6 Å². The standard InChI is InChI=1S/C14H21ClN2O3S/c1-5-14(3,4)17-13(18)9(2)21(19,20)12-10(15)7-6-8-11(12)16/h6-9H,5,16H2,1-4H3,(H,17,18). The maximum Gasteiger partial charge on any atom is 0.238 e. The maximum absolute atomic E-state index is 12.6. The quantitative estimate of drug-likeness (QED) is 0.810. The van der Waals surface area contributed by atoms with Crippen LogP contribution in [-0.2, 0) is 14.6 Å². The van der Waals surface area contributed by atoms with Crippen LogP contribution in [0.5, 0.6) is 0 Å². The van der Waals surface area contributed by atoms with Gasteiger partial charge in [0.25, 0.3) is 0 Å². The molecule has 0 aromatic heterocycles. The molecular formula is C14H21ClN2O3S. The van der Waals surface area contributed by atoms with Gasteiger partial charge < -0.3 is 11.1 Å². The van der Waals surface area contributed by atoms with E-state index in [9.17, 15) is 13.2 Å². The van der Waals surface area contributed by atoms with Crippen molar-refractivity contribution in [1.29, 1.82) is 0 Å². The first kappa shape index (κ1) is 17.8. The summed E-state index contributed by atoms with van der Waals surface area (Å²) in [6, 6.07) is 4.44. The summed E-state index contributed by atoms with van der Waals surface area (Å²) < 4.78 is 25.1. The number of hydrogen-bond donors (Lipinski definition) is 2. The third kappa shape index (κ3) is 3.89. The molecule has 0 radical (unpaired) electrons. The van der Waals surface area contributed by atoms with Gasteiger partial charge in [0.2, 0.25) is 5.91 Å². The number of carbonyl (C=O) groups excluding carboxylic acids is 1. The highest BCUT2D eigenvalue weighted by Gasteiger charge is 2.34. The Kier molecular flexibility index (Phi) is 5.28. The van der Waals surface area contributed by atoms with E-state index >= 15 is 0 Å². The molecule has 7 heteroatoms. The average Bonchev–Trinajstić information content (AvgIpc) is 2.36. The van der Waals surface area contributed by atoms with Crippen molar-refractivity contribution in [3.05, 3.63) is 23.2 Å². The molecule has 0 saturated heterocycles. The van der Waals surface area contributed by atoms with Crippen molar-refractivity contribution in [3.8, 4) is 0 Å². The smallest absolute Gasteiger partial charge is 0.238 e. The van der Waals surface area contributed by atoms with Crippen molar-refractivity contribution in [2.75, 3.05) is 5.73 Å². The number of sulfone groups is 1. The van der Waals surface area contributed by atoms with Crippen LogP contribution in [0, 0.1) is 0 Å². The topological polar surface area (TPSA) is 89.3 Å². The van der Waals surface area contributed by atoms with Gasteiger partial charge in [0.15, 0.2) is 9.84 Å². The highest BCUT2D eigenvalue weighted by Crippen LogP contribution is 2.30. The van der Waals surface area contributed by atoms with Gasteiger partial charge in [0.1, 0.15) is 10.1 Å². The molecule has 1 aromatic carbocycles. The monoisotopic (exact) mass is 332 g/mol. The molecule has 21 heavy (non-hydrogen) atoms. The lowest BCUT2D eigenvalue weighted by Gasteiger charge is -2.26. The van der Waals surface area contributed by atoms with Gasteiger partial charge in [-0.25, -0.2) is 8.42 Å². The first-order chi connectivity index (χ1) is 9.53. The number of halogens is 1. The van der Waals surface area contributed by atoms with E-state index in [1.807, 2.05) is 20.8 Å². The lowest BCUT2D eigenvalue weighted by Crippen LogP contribution is -2.48. The Morgan fingerprint density at radius 1 is 1.43 bits per heavy atom. The highest BCUT2D eigenvalue weighted by molar-refractivity contribution is 7.93. The number of nitrogen functional groups attached to an aromatic ring is 1. The summed E-state index contributed by atoms with van der Waals surface area (Å²) in [4.78, 5) is 12.0. The van der Waals surface area contributed by atoms with E-state index < -0.39 is 26.5 Å². The van der Waals surface area contributed by atoms with Crippen LogP contribution in [0.25, 0.3) is 0 Å². The molecule has 1 atom stereocenters. The summed E-state index contributed by atoms with van der Waals surface area (Å²) in [6.07, 6.45) is 0.680. The molecule has 0 saturated carbocycles. The molecule has 0 aliphatic carbocycles. The van der Waals surface area contributed by atoms with Gasteiger partial charge in [-0.05, 0) is 39.3 Å². The van der Waals surface area contributed by atoms with Crippen molar-refractivity contribution in [2.24, 2.45) is 0 Å². The number of carbonyl (C=O) groups is 1. The zero-order chi connectivity index (χ0) is 16.4. The van der Waals surface area contributed by atoms with E-state index in [0.717, 1.165) is 0 Å². The van der Waals surface area contributed by atoms with Gasteiger partial charge in [0.05, 0.1) is 10.7 Å². The van der Waals surface area contributed by atoms with Crippen LogP contribution < -0.4 is 11.1 Å². The molecule has 118 valence electrons. The van der Waals surface area contributed by atoms with Crippen molar-refractivity contribution >= 4 is 33.0 Å². The SMILES string of the molecule is CCC(C)(C)NC(=O)C(C)S(=O)(=O)c1c(N)cccc1Cl. The Labute approximate surface area is 130 Å². The molecule has 0 bridgehead atoms. The number of hydrogen-bond acceptors (Lipinski definition) is 4. The fraction of sp³-hybridized carbons (Fsp3) is 0.500. The van der Waals surface area contributed by atoms with Crippen molar-refractivity contribution in [2.45, 2.75) is 49.8 Å². The first-order valence-corrected chi connectivity index (χ1v) is 8.55. The predicted octanol–water partition coefficient (Wildman–Crippen LogP) is 2.39. The van der Waals surface area contributed by atoms with Gasteiger partial charge in [-0.2, -0.15) is 0 Å². The van der Waals surface area contributed by atoms with Crippen LogP contribution in [0.1, 0.15) is 34.1 Å². The largest absolute Gasteiger partial charge is 0.398 e. The third-order valence-electron chi connectivity index (χ3n) is 3.46. The van der Waals surface area contributed by atoms with Gasteiger partial charge in [-0.15, -0.1) is 0 Å². The van der Waals surface area contributed by atoms with Crippen LogP contribution in [0.3, 0.4) is 0 Å². The Bertz CT molecular complexity index is 621. The molecule has 1 unspecified atom stereocenters.